The van der Waals surface area contributed by atoms with Gasteiger partial charge in [-0.15, -0.1) is 0 Å². The Morgan fingerprint density at radius 2 is 1.93 bits per heavy atom. The van der Waals surface area contributed by atoms with Crippen molar-refractivity contribution in [2.45, 2.75) is 20.0 Å². The number of hydrogen-bond donors (Lipinski definition) is 0. The molecular formula is C10H10F3N. The Balaban J connectivity index is 5.37. The molecule has 0 N–H and O–H groups in total. The van der Waals surface area contributed by atoms with Crippen LogP contribution in [-0.4, -0.2) is 6.18 Å². The lowest BCUT2D eigenvalue weighted by atomic mass is 10.0. The maximum Gasteiger partial charge on any atom is 0.417 e. The molecule has 14 heavy (non-hydrogen) atoms. The first-order valence-corrected chi connectivity index (χ1v) is 3.84. The van der Waals surface area contributed by atoms with Gasteiger partial charge in [0, 0.05) is 0 Å². The van der Waals surface area contributed by atoms with E-state index in [1.54, 1.807) is 0 Å². The van der Waals surface area contributed by atoms with Crippen LogP contribution in [0, 0.1) is 11.3 Å². The van der Waals surface area contributed by atoms with Gasteiger partial charge in [-0.3, -0.25) is 0 Å². The first-order valence-electron chi connectivity index (χ1n) is 3.84. The molecule has 0 amide bonds. The first-order chi connectivity index (χ1) is 6.32. The van der Waals surface area contributed by atoms with E-state index in [-0.39, 0.29) is 11.1 Å². The van der Waals surface area contributed by atoms with Crippen LogP contribution in [0.5, 0.6) is 0 Å². The molecule has 0 atom stereocenters. The fourth-order valence-corrected chi connectivity index (χ4v) is 0.839. The Bertz CT molecular complexity index is 326. The van der Waals surface area contributed by atoms with Crippen molar-refractivity contribution in [3.8, 4) is 6.07 Å². The molecule has 0 saturated heterocycles. The minimum absolute atomic E-state index is 0.256. The molecule has 1 nitrogen and oxygen atoms in total. The molecule has 0 unspecified atom stereocenters. The molecule has 0 aromatic heterocycles. The highest BCUT2D eigenvalue weighted by Crippen LogP contribution is 2.31. The van der Waals surface area contributed by atoms with Crippen LogP contribution in [0.3, 0.4) is 0 Å². The third kappa shape index (κ3) is 3.48. The van der Waals surface area contributed by atoms with Gasteiger partial charge < -0.3 is 0 Å². The van der Waals surface area contributed by atoms with Crippen molar-refractivity contribution in [3.63, 3.8) is 0 Å². The van der Waals surface area contributed by atoms with Crippen molar-refractivity contribution in [3.05, 3.63) is 35.5 Å². The molecule has 0 rings (SSSR count). The van der Waals surface area contributed by atoms with Crippen molar-refractivity contribution in [2.75, 3.05) is 0 Å². The van der Waals surface area contributed by atoms with E-state index in [9.17, 15) is 13.2 Å². The summed E-state index contributed by atoms with van der Waals surface area (Å²) in [5.41, 5.74) is -1.08. The van der Waals surface area contributed by atoms with Crippen LogP contribution in [0.4, 0.5) is 13.2 Å². The van der Waals surface area contributed by atoms with Gasteiger partial charge in [0.2, 0.25) is 0 Å². The first kappa shape index (κ1) is 12.5. The summed E-state index contributed by atoms with van der Waals surface area (Å²) in [6.07, 6.45) is -2.53. The lowest BCUT2D eigenvalue weighted by Gasteiger charge is -2.10. The van der Waals surface area contributed by atoms with E-state index >= 15 is 0 Å². The van der Waals surface area contributed by atoms with Crippen molar-refractivity contribution < 1.29 is 13.2 Å². The number of nitriles is 1. The van der Waals surface area contributed by atoms with E-state index in [0.717, 1.165) is 12.2 Å². The molecule has 0 aliphatic carbocycles. The normalized spacial score (nSPS) is 13.7. The molecule has 0 heterocycles. The van der Waals surface area contributed by atoms with E-state index in [1.807, 2.05) is 0 Å². The predicted octanol–water partition coefficient (Wildman–Crippen LogP) is 3.52. The molecule has 4 heteroatoms. The highest BCUT2D eigenvalue weighted by Gasteiger charge is 2.35. The van der Waals surface area contributed by atoms with E-state index in [1.165, 1.54) is 19.9 Å². The molecule has 0 radical (unpaired) electrons. The van der Waals surface area contributed by atoms with Gasteiger partial charge >= 0.3 is 6.18 Å². The number of nitrogens with zero attached hydrogens (tertiary/aromatic N) is 1. The molecule has 76 valence electrons. The average molecular weight is 201 g/mol. The van der Waals surface area contributed by atoms with Gasteiger partial charge in [-0.25, -0.2) is 0 Å². The standard InChI is InChI=1S/C10H10F3N/c1-4-8(6-14)9(5-7(2)3)10(11,12)13/h4-5H,2H2,1,3H3/b8-4-,9-5+. The molecule has 0 saturated carbocycles. The maximum absolute atomic E-state index is 12.4. The number of alkyl halides is 3. The predicted molar refractivity (Wildman–Crippen MR) is 48.3 cm³/mol. The minimum Gasteiger partial charge on any atom is -0.192 e. The minimum atomic E-state index is -4.52. The zero-order valence-corrected chi connectivity index (χ0v) is 7.94. The molecular weight excluding hydrogens is 191 g/mol. The summed E-state index contributed by atoms with van der Waals surface area (Å²) in [5, 5.41) is 8.48. The fourth-order valence-electron chi connectivity index (χ4n) is 0.839. The third-order valence-corrected chi connectivity index (χ3v) is 1.40. The van der Waals surface area contributed by atoms with Crippen LogP contribution in [0.25, 0.3) is 0 Å². The molecule has 0 aliphatic rings. The summed E-state index contributed by atoms with van der Waals surface area (Å²) < 4.78 is 37.2. The number of halogens is 3. The Kier molecular flexibility index (Phi) is 4.16. The topological polar surface area (TPSA) is 23.8 Å². The Hall–Kier alpha value is -1.50. The largest absolute Gasteiger partial charge is 0.417 e. The molecule has 0 fully saturated rings. The van der Waals surface area contributed by atoms with E-state index in [0.29, 0.717) is 0 Å². The molecule has 0 aromatic rings. The Morgan fingerprint density at radius 3 is 2.14 bits per heavy atom. The summed E-state index contributed by atoms with van der Waals surface area (Å²) in [4.78, 5) is 0. The average Bonchev–Trinajstić information content (AvgIpc) is 2.02. The number of allylic oxidation sites excluding steroid dienone is 5. The van der Waals surface area contributed by atoms with E-state index in [2.05, 4.69) is 6.58 Å². The van der Waals surface area contributed by atoms with Gasteiger partial charge in [0.25, 0.3) is 0 Å². The van der Waals surface area contributed by atoms with Gasteiger partial charge in [-0.2, -0.15) is 18.4 Å². The molecule has 0 aliphatic heterocycles. The van der Waals surface area contributed by atoms with Gasteiger partial charge in [0.05, 0.1) is 17.2 Å². The van der Waals surface area contributed by atoms with E-state index < -0.39 is 11.7 Å². The van der Waals surface area contributed by atoms with Crippen LogP contribution in [0.15, 0.2) is 35.5 Å². The van der Waals surface area contributed by atoms with Crippen LogP contribution in [0.1, 0.15) is 13.8 Å². The lowest BCUT2D eigenvalue weighted by Crippen LogP contribution is -2.13. The van der Waals surface area contributed by atoms with Crippen LogP contribution < -0.4 is 0 Å². The van der Waals surface area contributed by atoms with Crippen LogP contribution >= 0.6 is 0 Å². The maximum atomic E-state index is 12.4. The smallest absolute Gasteiger partial charge is 0.192 e. The summed E-state index contributed by atoms with van der Waals surface area (Å²) in [6.45, 7) is 6.17. The second-order valence-corrected chi connectivity index (χ2v) is 2.72. The molecule has 0 bridgehead atoms. The second-order valence-electron chi connectivity index (χ2n) is 2.72. The van der Waals surface area contributed by atoms with Crippen molar-refractivity contribution in [1.82, 2.24) is 0 Å². The number of rotatable bonds is 2. The van der Waals surface area contributed by atoms with Crippen LogP contribution in [0.2, 0.25) is 0 Å². The quantitative estimate of drug-likeness (QED) is 0.495. The summed E-state index contributed by atoms with van der Waals surface area (Å²) in [6, 6.07) is 1.50. The Morgan fingerprint density at radius 1 is 1.43 bits per heavy atom. The second kappa shape index (κ2) is 4.66. The summed E-state index contributed by atoms with van der Waals surface area (Å²) >= 11 is 0. The fraction of sp³-hybridized carbons (Fsp3) is 0.300. The summed E-state index contributed by atoms with van der Waals surface area (Å²) in [7, 11) is 0. The SMILES string of the molecule is C=C(C)/C=C(\C(C#N)=C/C)C(F)(F)F. The van der Waals surface area contributed by atoms with Crippen molar-refractivity contribution in [2.24, 2.45) is 0 Å². The van der Waals surface area contributed by atoms with E-state index in [4.69, 9.17) is 5.26 Å². The van der Waals surface area contributed by atoms with Gasteiger partial charge in [0.1, 0.15) is 0 Å². The highest BCUT2D eigenvalue weighted by molar-refractivity contribution is 5.46. The van der Waals surface area contributed by atoms with Crippen molar-refractivity contribution >= 4 is 0 Å². The zero-order chi connectivity index (χ0) is 11.4. The van der Waals surface area contributed by atoms with Crippen LogP contribution in [-0.2, 0) is 0 Å². The highest BCUT2D eigenvalue weighted by atomic mass is 19.4. The molecule has 0 spiro atoms. The third-order valence-electron chi connectivity index (χ3n) is 1.40. The molecule has 0 aromatic carbocycles. The zero-order valence-electron chi connectivity index (χ0n) is 7.94. The lowest BCUT2D eigenvalue weighted by molar-refractivity contribution is -0.0889. The van der Waals surface area contributed by atoms with Gasteiger partial charge in [-0.1, -0.05) is 18.2 Å². The summed E-state index contributed by atoms with van der Waals surface area (Å²) in [5.74, 6) is 0. The van der Waals surface area contributed by atoms with Crippen molar-refractivity contribution in [1.29, 1.82) is 5.26 Å². The van der Waals surface area contributed by atoms with Gasteiger partial charge in [-0.05, 0) is 19.9 Å². The number of hydrogen-bond acceptors (Lipinski definition) is 1. The monoisotopic (exact) mass is 201 g/mol. The van der Waals surface area contributed by atoms with Gasteiger partial charge in [0.15, 0.2) is 0 Å². The Labute approximate surface area is 80.8 Å².